The third-order valence-electron chi connectivity index (χ3n) is 2.48. The van der Waals surface area contributed by atoms with Gasteiger partial charge < -0.3 is 4.42 Å². The molecule has 2 heteroatoms. The van der Waals surface area contributed by atoms with Gasteiger partial charge in [-0.15, -0.1) is 0 Å². The number of aromatic nitrogens is 1. The summed E-state index contributed by atoms with van der Waals surface area (Å²) < 4.78 is 5.31. The van der Waals surface area contributed by atoms with Crippen LogP contribution in [-0.4, -0.2) is 4.98 Å². The lowest BCUT2D eigenvalue weighted by Gasteiger charge is -2.06. The first-order valence-electron chi connectivity index (χ1n) is 4.64. The number of hydrogen-bond donors (Lipinski definition) is 0. The fraction of sp³-hybridized carbons (Fsp3) is 0.364. The lowest BCUT2D eigenvalue weighted by atomic mass is 10.0. The third kappa shape index (κ3) is 1.44. The lowest BCUT2D eigenvalue weighted by Crippen LogP contribution is -1.93. The van der Waals surface area contributed by atoms with E-state index in [1.165, 1.54) is 0 Å². The molecule has 0 amide bonds. The molecule has 0 fully saturated rings. The molecule has 0 bridgehead atoms. The van der Waals surface area contributed by atoms with Crippen LogP contribution >= 0.6 is 0 Å². The molecule has 2 heterocycles. The molecule has 2 aromatic rings. The summed E-state index contributed by atoms with van der Waals surface area (Å²) in [5.41, 5.74) is 2.05. The van der Waals surface area contributed by atoms with Crippen molar-refractivity contribution in [3.05, 3.63) is 30.3 Å². The predicted molar refractivity (Wildman–Crippen MR) is 52.7 cm³/mol. The molecule has 68 valence electrons. The summed E-state index contributed by atoms with van der Waals surface area (Å²) in [5, 5.41) is 1.08. The first-order chi connectivity index (χ1) is 6.31. The van der Waals surface area contributed by atoms with E-state index in [9.17, 15) is 0 Å². The van der Waals surface area contributed by atoms with E-state index in [0.29, 0.717) is 5.92 Å². The molecule has 0 aliphatic rings. The fourth-order valence-corrected chi connectivity index (χ4v) is 1.35. The normalized spacial score (nSPS) is 13.4. The Morgan fingerprint density at radius 2 is 2.38 bits per heavy atom. The van der Waals surface area contributed by atoms with Crippen LogP contribution in [0, 0.1) is 0 Å². The Balaban J connectivity index is 2.48. The van der Waals surface area contributed by atoms with Crippen LogP contribution in [0.15, 0.2) is 29.0 Å². The van der Waals surface area contributed by atoms with E-state index in [-0.39, 0.29) is 0 Å². The van der Waals surface area contributed by atoms with Gasteiger partial charge in [0, 0.05) is 23.3 Å². The van der Waals surface area contributed by atoms with Crippen molar-refractivity contribution in [2.75, 3.05) is 0 Å². The molecule has 2 aromatic heterocycles. The SMILES string of the molecule is CCC(C)c1cc2occc2cn1. The standard InChI is InChI=1S/C11H13NO/c1-3-8(2)10-6-11-9(7-12-10)4-5-13-11/h4-8H,3H2,1-2H3. The zero-order valence-corrected chi connectivity index (χ0v) is 7.95. The summed E-state index contributed by atoms with van der Waals surface area (Å²) in [5.74, 6) is 0.509. The second-order valence-corrected chi connectivity index (χ2v) is 3.38. The number of furan rings is 1. The smallest absolute Gasteiger partial charge is 0.137 e. The molecular weight excluding hydrogens is 162 g/mol. The minimum atomic E-state index is 0.509. The van der Waals surface area contributed by atoms with Crippen molar-refractivity contribution < 1.29 is 4.42 Å². The maximum absolute atomic E-state index is 5.31. The summed E-state index contributed by atoms with van der Waals surface area (Å²) in [6, 6.07) is 3.96. The molecule has 1 unspecified atom stereocenters. The molecule has 0 aliphatic heterocycles. The summed E-state index contributed by atoms with van der Waals surface area (Å²) in [6.45, 7) is 4.34. The van der Waals surface area contributed by atoms with Crippen LogP contribution in [0.3, 0.4) is 0 Å². The number of pyridine rings is 1. The number of nitrogens with zero attached hydrogens (tertiary/aromatic N) is 1. The summed E-state index contributed by atoms with van der Waals surface area (Å²) >= 11 is 0. The van der Waals surface area contributed by atoms with Gasteiger partial charge in [-0.3, -0.25) is 4.98 Å². The predicted octanol–water partition coefficient (Wildman–Crippen LogP) is 3.34. The van der Waals surface area contributed by atoms with Gasteiger partial charge in [0.05, 0.1) is 6.26 Å². The van der Waals surface area contributed by atoms with Gasteiger partial charge in [0.2, 0.25) is 0 Å². The molecule has 0 saturated carbocycles. The van der Waals surface area contributed by atoms with E-state index in [0.717, 1.165) is 23.1 Å². The molecule has 0 spiro atoms. The molecule has 0 saturated heterocycles. The molecular formula is C11H13NO. The van der Waals surface area contributed by atoms with E-state index in [1.54, 1.807) is 6.26 Å². The first-order valence-corrected chi connectivity index (χ1v) is 4.64. The quantitative estimate of drug-likeness (QED) is 0.699. The number of hydrogen-bond acceptors (Lipinski definition) is 2. The molecule has 2 nitrogen and oxygen atoms in total. The van der Waals surface area contributed by atoms with Crippen molar-refractivity contribution in [3.8, 4) is 0 Å². The third-order valence-corrected chi connectivity index (χ3v) is 2.48. The van der Waals surface area contributed by atoms with Crippen LogP contribution in [0.25, 0.3) is 11.0 Å². The van der Waals surface area contributed by atoms with Crippen molar-refractivity contribution in [2.45, 2.75) is 26.2 Å². The Labute approximate surface area is 77.6 Å². The Bertz CT molecular complexity index is 405. The molecule has 2 rings (SSSR count). The Kier molecular flexibility index (Phi) is 2.05. The van der Waals surface area contributed by atoms with Gasteiger partial charge in [0.1, 0.15) is 5.58 Å². The van der Waals surface area contributed by atoms with Gasteiger partial charge in [-0.25, -0.2) is 0 Å². The van der Waals surface area contributed by atoms with Crippen LogP contribution < -0.4 is 0 Å². The van der Waals surface area contributed by atoms with Gasteiger partial charge in [-0.2, -0.15) is 0 Å². The van der Waals surface area contributed by atoms with E-state index in [2.05, 4.69) is 18.8 Å². The van der Waals surface area contributed by atoms with E-state index in [1.807, 2.05) is 18.3 Å². The van der Waals surface area contributed by atoms with Crippen molar-refractivity contribution in [1.82, 2.24) is 4.98 Å². The van der Waals surface area contributed by atoms with Gasteiger partial charge in [0.15, 0.2) is 0 Å². The van der Waals surface area contributed by atoms with Crippen molar-refractivity contribution >= 4 is 11.0 Å². The maximum atomic E-state index is 5.31. The van der Waals surface area contributed by atoms with Crippen molar-refractivity contribution in [2.24, 2.45) is 0 Å². The highest BCUT2D eigenvalue weighted by Crippen LogP contribution is 2.21. The zero-order valence-electron chi connectivity index (χ0n) is 7.95. The summed E-state index contributed by atoms with van der Waals surface area (Å²) in [7, 11) is 0. The van der Waals surface area contributed by atoms with Crippen LogP contribution in [0.1, 0.15) is 31.9 Å². The monoisotopic (exact) mass is 175 g/mol. The number of fused-ring (bicyclic) bond motifs is 1. The van der Waals surface area contributed by atoms with Crippen LogP contribution in [-0.2, 0) is 0 Å². The summed E-state index contributed by atoms with van der Waals surface area (Å²) in [4.78, 5) is 4.39. The average molecular weight is 175 g/mol. The zero-order chi connectivity index (χ0) is 9.26. The fourth-order valence-electron chi connectivity index (χ4n) is 1.35. The molecule has 0 radical (unpaired) electrons. The van der Waals surface area contributed by atoms with Gasteiger partial charge in [0.25, 0.3) is 0 Å². The molecule has 0 N–H and O–H groups in total. The Hall–Kier alpha value is -1.31. The van der Waals surface area contributed by atoms with Crippen LogP contribution in [0.4, 0.5) is 0 Å². The maximum Gasteiger partial charge on any atom is 0.137 e. The molecule has 13 heavy (non-hydrogen) atoms. The van der Waals surface area contributed by atoms with Crippen LogP contribution in [0.2, 0.25) is 0 Å². The first kappa shape index (κ1) is 8.30. The molecule has 1 atom stereocenters. The highest BCUT2D eigenvalue weighted by Gasteiger charge is 2.06. The second-order valence-electron chi connectivity index (χ2n) is 3.38. The topological polar surface area (TPSA) is 26.0 Å². The highest BCUT2D eigenvalue weighted by atomic mass is 16.3. The van der Waals surface area contributed by atoms with Crippen molar-refractivity contribution in [3.63, 3.8) is 0 Å². The lowest BCUT2D eigenvalue weighted by molar-refractivity contribution is 0.612. The molecule has 0 aromatic carbocycles. The minimum absolute atomic E-state index is 0.509. The van der Waals surface area contributed by atoms with Gasteiger partial charge >= 0.3 is 0 Å². The average Bonchev–Trinajstić information content (AvgIpc) is 2.63. The van der Waals surface area contributed by atoms with E-state index < -0.39 is 0 Å². The number of rotatable bonds is 2. The minimum Gasteiger partial charge on any atom is -0.464 e. The van der Waals surface area contributed by atoms with Gasteiger partial charge in [-0.05, 0) is 18.4 Å². The largest absolute Gasteiger partial charge is 0.464 e. The highest BCUT2D eigenvalue weighted by molar-refractivity contribution is 5.76. The second kappa shape index (κ2) is 3.21. The Morgan fingerprint density at radius 3 is 3.15 bits per heavy atom. The van der Waals surface area contributed by atoms with E-state index >= 15 is 0 Å². The Morgan fingerprint density at radius 1 is 1.54 bits per heavy atom. The van der Waals surface area contributed by atoms with Crippen LogP contribution in [0.5, 0.6) is 0 Å². The molecule has 0 aliphatic carbocycles. The van der Waals surface area contributed by atoms with E-state index in [4.69, 9.17) is 4.42 Å². The van der Waals surface area contributed by atoms with Crippen molar-refractivity contribution in [1.29, 1.82) is 0 Å². The van der Waals surface area contributed by atoms with Gasteiger partial charge in [-0.1, -0.05) is 13.8 Å². The summed E-state index contributed by atoms with van der Waals surface area (Å²) in [6.07, 6.45) is 4.69.